The van der Waals surface area contributed by atoms with Gasteiger partial charge in [0.15, 0.2) is 0 Å². The average Bonchev–Trinajstić information content (AvgIpc) is 2.44. The molecule has 0 unspecified atom stereocenters. The molecular weight excluding hydrogens is 282 g/mol. The van der Waals surface area contributed by atoms with Crippen LogP contribution in [0.2, 0.25) is 0 Å². The third-order valence-corrected chi connectivity index (χ3v) is 6.11. The van der Waals surface area contributed by atoms with E-state index in [0.29, 0.717) is 11.4 Å². The second-order valence-electron chi connectivity index (χ2n) is 6.02. The highest BCUT2D eigenvalue weighted by atomic mass is 32.2. The van der Waals surface area contributed by atoms with Gasteiger partial charge in [-0.3, -0.25) is 0 Å². The number of aryl methyl sites for hydroxylation is 2. The van der Waals surface area contributed by atoms with Gasteiger partial charge in [-0.1, -0.05) is 17.7 Å². The molecule has 1 aliphatic rings. The summed E-state index contributed by atoms with van der Waals surface area (Å²) in [6.07, 6.45) is 6.62. The fourth-order valence-corrected chi connectivity index (χ4v) is 4.56. The standard InChI is InChI=1S/C17H25NO2S/c1-12-10-13(2)15(4)17(14(12)3)21(19,20)18-11-16-8-6-5-7-9-16/h8,10,18H,5-7,9,11H2,1-4H3. The third-order valence-electron chi connectivity index (χ3n) is 4.44. The number of allylic oxidation sites excluding steroid dienone is 1. The van der Waals surface area contributed by atoms with Crippen molar-refractivity contribution in [3.8, 4) is 0 Å². The maximum atomic E-state index is 12.7. The topological polar surface area (TPSA) is 46.2 Å². The Bertz CT molecular complexity index is 646. The van der Waals surface area contributed by atoms with Crippen LogP contribution in [0.15, 0.2) is 22.6 Å². The van der Waals surface area contributed by atoms with Gasteiger partial charge in [0.25, 0.3) is 0 Å². The molecule has 0 bridgehead atoms. The molecule has 3 nitrogen and oxygen atoms in total. The normalized spacial score (nSPS) is 15.9. The quantitative estimate of drug-likeness (QED) is 0.862. The minimum absolute atomic E-state index is 0.439. The second-order valence-corrected chi connectivity index (χ2v) is 7.73. The zero-order valence-electron chi connectivity index (χ0n) is 13.4. The lowest BCUT2D eigenvalue weighted by atomic mass is 10.0. The lowest BCUT2D eigenvalue weighted by Crippen LogP contribution is -2.28. The first-order valence-electron chi connectivity index (χ1n) is 7.58. The van der Waals surface area contributed by atoms with Crippen LogP contribution in [0.1, 0.15) is 47.9 Å². The smallest absolute Gasteiger partial charge is 0.207 e. The molecule has 0 saturated heterocycles. The van der Waals surface area contributed by atoms with E-state index in [1.54, 1.807) is 0 Å². The van der Waals surface area contributed by atoms with E-state index in [2.05, 4.69) is 10.8 Å². The highest BCUT2D eigenvalue weighted by Gasteiger charge is 2.22. The van der Waals surface area contributed by atoms with E-state index in [1.165, 1.54) is 12.0 Å². The van der Waals surface area contributed by atoms with Crippen molar-refractivity contribution in [2.45, 2.75) is 58.3 Å². The van der Waals surface area contributed by atoms with E-state index in [1.807, 2.05) is 33.8 Å². The maximum absolute atomic E-state index is 12.7. The van der Waals surface area contributed by atoms with E-state index in [4.69, 9.17) is 0 Å². The molecule has 0 radical (unpaired) electrons. The molecule has 4 heteroatoms. The van der Waals surface area contributed by atoms with Crippen molar-refractivity contribution < 1.29 is 8.42 Å². The summed E-state index contributed by atoms with van der Waals surface area (Å²) in [4.78, 5) is 0.455. The molecule has 0 saturated carbocycles. The van der Waals surface area contributed by atoms with Gasteiger partial charge in [0.1, 0.15) is 0 Å². The summed E-state index contributed by atoms with van der Waals surface area (Å²) in [5.41, 5.74) is 4.96. The van der Waals surface area contributed by atoms with Crippen LogP contribution >= 0.6 is 0 Å². The number of hydrogen-bond donors (Lipinski definition) is 1. The first-order valence-corrected chi connectivity index (χ1v) is 9.06. The van der Waals surface area contributed by atoms with Crippen LogP contribution in [0, 0.1) is 27.7 Å². The third kappa shape index (κ3) is 3.55. The molecule has 0 amide bonds. The summed E-state index contributed by atoms with van der Waals surface area (Å²) >= 11 is 0. The molecule has 2 rings (SSSR count). The summed E-state index contributed by atoms with van der Waals surface area (Å²) in [5.74, 6) is 0. The van der Waals surface area contributed by atoms with Crippen molar-refractivity contribution >= 4 is 10.0 Å². The van der Waals surface area contributed by atoms with Crippen LogP contribution in [0.3, 0.4) is 0 Å². The Morgan fingerprint density at radius 3 is 2.19 bits per heavy atom. The van der Waals surface area contributed by atoms with E-state index in [9.17, 15) is 8.42 Å². The van der Waals surface area contributed by atoms with Gasteiger partial charge in [0.2, 0.25) is 10.0 Å². The number of sulfonamides is 1. The van der Waals surface area contributed by atoms with Gasteiger partial charge in [0, 0.05) is 6.54 Å². The largest absolute Gasteiger partial charge is 0.241 e. The van der Waals surface area contributed by atoms with Crippen molar-refractivity contribution in [1.82, 2.24) is 4.72 Å². The average molecular weight is 307 g/mol. The summed E-state index contributed by atoms with van der Waals surface area (Å²) in [7, 11) is -3.46. The maximum Gasteiger partial charge on any atom is 0.241 e. The molecule has 1 N–H and O–H groups in total. The fraction of sp³-hybridized carbons (Fsp3) is 0.529. The monoisotopic (exact) mass is 307 g/mol. The molecule has 0 aromatic heterocycles. The SMILES string of the molecule is Cc1cc(C)c(C)c(S(=O)(=O)NCC2=CCCCC2)c1C. The van der Waals surface area contributed by atoms with Crippen molar-refractivity contribution in [2.75, 3.05) is 6.54 Å². The second kappa shape index (κ2) is 6.32. The Balaban J connectivity index is 2.29. The van der Waals surface area contributed by atoms with Crippen molar-refractivity contribution in [3.63, 3.8) is 0 Å². The number of rotatable bonds is 4. The van der Waals surface area contributed by atoms with E-state index >= 15 is 0 Å². The highest BCUT2D eigenvalue weighted by molar-refractivity contribution is 7.89. The number of hydrogen-bond acceptors (Lipinski definition) is 2. The molecule has 1 aromatic carbocycles. The van der Waals surface area contributed by atoms with Gasteiger partial charge in [0.05, 0.1) is 4.90 Å². The van der Waals surface area contributed by atoms with Crippen LogP contribution < -0.4 is 4.72 Å². The lowest BCUT2D eigenvalue weighted by Gasteiger charge is -2.18. The first-order chi connectivity index (χ1) is 9.83. The van der Waals surface area contributed by atoms with Crippen molar-refractivity contribution in [3.05, 3.63) is 40.0 Å². The van der Waals surface area contributed by atoms with Crippen molar-refractivity contribution in [2.24, 2.45) is 0 Å². The van der Waals surface area contributed by atoms with Gasteiger partial charge in [-0.2, -0.15) is 0 Å². The van der Waals surface area contributed by atoms with Crippen LogP contribution in [0.4, 0.5) is 0 Å². The minimum atomic E-state index is -3.46. The predicted molar refractivity (Wildman–Crippen MR) is 87.1 cm³/mol. The molecule has 0 aliphatic heterocycles. The van der Waals surface area contributed by atoms with E-state index < -0.39 is 10.0 Å². The Hall–Kier alpha value is -1.13. The fourth-order valence-electron chi connectivity index (χ4n) is 2.91. The molecule has 21 heavy (non-hydrogen) atoms. The molecule has 0 spiro atoms. The number of benzene rings is 1. The highest BCUT2D eigenvalue weighted by Crippen LogP contribution is 2.26. The van der Waals surface area contributed by atoms with Gasteiger partial charge in [-0.25, -0.2) is 13.1 Å². The first kappa shape index (κ1) is 16.2. The van der Waals surface area contributed by atoms with Gasteiger partial charge >= 0.3 is 0 Å². The summed E-state index contributed by atoms with van der Waals surface area (Å²) in [6.45, 7) is 8.13. The molecule has 116 valence electrons. The summed E-state index contributed by atoms with van der Waals surface area (Å²) in [6, 6.07) is 2.05. The lowest BCUT2D eigenvalue weighted by molar-refractivity contribution is 0.580. The number of nitrogens with one attached hydrogen (secondary N) is 1. The molecule has 0 fully saturated rings. The molecular formula is C17H25NO2S. The molecule has 1 aromatic rings. The van der Waals surface area contributed by atoms with E-state index in [-0.39, 0.29) is 0 Å². The molecule has 1 aliphatic carbocycles. The van der Waals surface area contributed by atoms with Gasteiger partial charge < -0.3 is 0 Å². The Morgan fingerprint density at radius 1 is 1.05 bits per heavy atom. The summed E-state index contributed by atoms with van der Waals surface area (Å²) < 4.78 is 28.2. The van der Waals surface area contributed by atoms with Crippen LogP contribution in [0.25, 0.3) is 0 Å². The van der Waals surface area contributed by atoms with Crippen LogP contribution in [-0.2, 0) is 10.0 Å². The van der Waals surface area contributed by atoms with Gasteiger partial charge in [-0.15, -0.1) is 0 Å². The molecule has 0 heterocycles. The Morgan fingerprint density at radius 2 is 1.67 bits per heavy atom. The van der Waals surface area contributed by atoms with Crippen LogP contribution in [-0.4, -0.2) is 15.0 Å². The molecule has 0 atom stereocenters. The predicted octanol–water partition coefficient (Wildman–Crippen LogP) is 3.70. The Kier molecular flexibility index (Phi) is 4.89. The van der Waals surface area contributed by atoms with E-state index in [0.717, 1.165) is 41.5 Å². The summed E-state index contributed by atoms with van der Waals surface area (Å²) in [5, 5.41) is 0. The zero-order chi connectivity index (χ0) is 15.6. The van der Waals surface area contributed by atoms with Crippen molar-refractivity contribution in [1.29, 1.82) is 0 Å². The minimum Gasteiger partial charge on any atom is -0.207 e. The Labute approximate surface area is 128 Å². The zero-order valence-corrected chi connectivity index (χ0v) is 14.2. The van der Waals surface area contributed by atoms with Gasteiger partial charge in [-0.05, 0) is 75.6 Å². The van der Waals surface area contributed by atoms with Crippen LogP contribution in [0.5, 0.6) is 0 Å².